The van der Waals surface area contributed by atoms with E-state index in [1.54, 1.807) is 34.3 Å². The number of rotatable bonds is 7. The molecule has 166 valence electrons. The average Bonchev–Trinajstić information content (AvgIpc) is 2.79. The van der Waals surface area contributed by atoms with Crippen molar-refractivity contribution in [1.82, 2.24) is 19.8 Å². The number of carbonyl (C=O) groups is 2. The van der Waals surface area contributed by atoms with Crippen molar-refractivity contribution in [1.29, 1.82) is 0 Å². The van der Waals surface area contributed by atoms with Gasteiger partial charge in [-0.05, 0) is 51.2 Å². The van der Waals surface area contributed by atoms with E-state index in [0.717, 1.165) is 37.7 Å². The van der Waals surface area contributed by atoms with Gasteiger partial charge in [0.15, 0.2) is 0 Å². The lowest BCUT2D eigenvalue weighted by molar-refractivity contribution is 0.0608. The van der Waals surface area contributed by atoms with Gasteiger partial charge in [0, 0.05) is 43.9 Å². The second-order valence-electron chi connectivity index (χ2n) is 8.36. The van der Waals surface area contributed by atoms with Crippen molar-refractivity contribution in [2.24, 2.45) is 0 Å². The summed E-state index contributed by atoms with van der Waals surface area (Å²) in [6, 6.07) is 3.71. The number of hydrogen-bond acceptors (Lipinski definition) is 4. The van der Waals surface area contributed by atoms with Crippen molar-refractivity contribution in [3.63, 3.8) is 0 Å². The molecule has 7 nitrogen and oxygen atoms in total. The van der Waals surface area contributed by atoms with Crippen molar-refractivity contribution in [3.8, 4) is 0 Å². The molecule has 0 aromatic carbocycles. The topological polar surface area (TPSA) is 84.3 Å². The lowest BCUT2D eigenvalue weighted by Gasteiger charge is -2.36. The van der Waals surface area contributed by atoms with E-state index in [0.29, 0.717) is 13.1 Å². The molecule has 0 bridgehead atoms. The van der Waals surface area contributed by atoms with Crippen LogP contribution in [0, 0.1) is 0 Å². The van der Waals surface area contributed by atoms with E-state index in [9.17, 15) is 14.4 Å². The van der Waals surface area contributed by atoms with E-state index in [2.05, 4.69) is 10.3 Å². The molecular weight excluding hydrogens is 392 g/mol. The summed E-state index contributed by atoms with van der Waals surface area (Å²) in [4.78, 5) is 45.4. The largest absolute Gasteiger partial charge is 0.352 e. The fourth-order valence-electron chi connectivity index (χ4n) is 3.93. The second-order valence-corrected chi connectivity index (χ2v) is 8.36. The predicted molar refractivity (Wildman–Crippen MR) is 120 cm³/mol. The van der Waals surface area contributed by atoms with E-state index in [1.165, 1.54) is 0 Å². The molecule has 0 aliphatic carbocycles. The standard InChI is InChI=1S/C24H32N4O3/c1-4-5-12-26-23(30)19-15-27(17(2)3)16-20(22(19)29)24(31)28-13-7-6-10-21(28)18-9-8-11-25-14-18/h8-9,11,14-17,21H,4-7,10,12-13H2,1-3H3,(H,26,30)/t21-/m1/s1. The summed E-state index contributed by atoms with van der Waals surface area (Å²) < 4.78 is 1.77. The van der Waals surface area contributed by atoms with Crippen molar-refractivity contribution >= 4 is 11.8 Å². The summed E-state index contributed by atoms with van der Waals surface area (Å²) in [5.74, 6) is -0.749. The Balaban J connectivity index is 1.98. The maximum absolute atomic E-state index is 13.6. The fourth-order valence-corrected chi connectivity index (χ4v) is 3.93. The average molecular weight is 425 g/mol. The molecule has 3 heterocycles. The zero-order chi connectivity index (χ0) is 22.4. The highest BCUT2D eigenvalue weighted by atomic mass is 16.2. The van der Waals surface area contributed by atoms with Crippen LogP contribution in [0.1, 0.15) is 91.2 Å². The van der Waals surface area contributed by atoms with Crippen molar-refractivity contribution in [2.45, 2.75) is 65.0 Å². The number of amides is 2. The molecule has 2 aromatic rings. The minimum absolute atomic E-state index is 0.00446. The summed E-state index contributed by atoms with van der Waals surface area (Å²) in [7, 11) is 0. The molecule has 1 atom stereocenters. The van der Waals surface area contributed by atoms with E-state index in [-0.39, 0.29) is 29.1 Å². The first-order valence-electron chi connectivity index (χ1n) is 11.2. The van der Waals surface area contributed by atoms with E-state index >= 15 is 0 Å². The van der Waals surface area contributed by atoms with Crippen LogP contribution in [0.5, 0.6) is 0 Å². The van der Waals surface area contributed by atoms with Crippen LogP contribution in [0.4, 0.5) is 0 Å². The number of likely N-dealkylation sites (tertiary alicyclic amines) is 1. The zero-order valence-electron chi connectivity index (χ0n) is 18.6. The lowest BCUT2D eigenvalue weighted by atomic mass is 9.95. The van der Waals surface area contributed by atoms with E-state index in [1.807, 2.05) is 32.9 Å². The minimum atomic E-state index is -0.508. The van der Waals surface area contributed by atoms with Crippen LogP contribution in [0.2, 0.25) is 0 Å². The second kappa shape index (κ2) is 10.4. The van der Waals surface area contributed by atoms with Gasteiger partial charge in [-0.1, -0.05) is 19.4 Å². The highest BCUT2D eigenvalue weighted by Gasteiger charge is 2.31. The van der Waals surface area contributed by atoms with Crippen LogP contribution in [0.25, 0.3) is 0 Å². The molecule has 31 heavy (non-hydrogen) atoms. The summed E-state index contributed by atoms with van der Waals surface area (Å²) in [6.45, 7) is 7.03. The first-order chi connectivity index (χ1) is 14.9. The Morgan fingerprint density at radius 3 is 2.68 bits per heavy atom. The van der Waals surface area contributed by atoms with Gasteiger partial charge in [0.2, 0.25) is 5.43 Å². The van der Waals surface area contributed by atoms with Crippen LogP contribution >= 0.6 is 0 Å². The number of carbonyl (C=O) groups excluding carboxylic acids is 2. The minimum Gasteiger partial charge on any atom is -0.352 e. The van der Waals surface area contributed by atoms with Gasteiger partial charge in [0.25, 0.3) is 11.8 Å². The number of aromatic nitrogens is 2. The molecule has 0 spiro atoms. The monoisotopic (exact) mass is 424 g/mol. The summed E-state index contributed by atoms with van der Waals surface area (Å²) in [6.07, 6.45) is 11.1. The number of unbranched alkanes of at least 4 members (excludes halogenated alkanes) is 1. The molecule has 1 aliphatic rings. The molecular formula is C24H32N4O3. The molecule has 1 N–H and O–H groups in total. The summed E-state index contributed by atoms with van der Waals surface area (Å²) in [5, 5.41) is 2.80. The van der Waals surface area contributed by atoms with Gasteiger partial charge in [0.05, 0.1) is 6.04 Å². The Hall–Kier alpha value is -2.96. The van der Waals surface area contributed by atoms with Gasteiger partial charge in [0.1, 0.15) is 11.1 Å². The van der Waals surface area contributed by atoms with Crippen molar-refractivity contribution < 1.29 is 9.59 Å². The molecule has 0 radical (unpaired) electrons. The van der Waals surface area contributed by atoms with Crippen LogP contribution in [0.15, 0.2) is 41.7 Å². The normalized spacial score (nSPS) is 16.4. The molecule has 2 aromatic heterocycles. The van der Waals surface area contributed by atoms with E-state index < -0.39 is 11.3 Å². The number of piperidine rings is 1. The van der Waals surface area contributed by atoms with Gasteiger partial charge in [-0.25, -0.2) is 0 Å². The van der Waals surface area contributed by atoms with Gasteiger partial charge < -0.3 is 14.8 Å². The number of nitrogens with zero attached hydrogens (tertiary/aromatic N) is 3. The number of nitrogens with one attached hydrogen (secondary N) is 1. The Bertz CT molecular complexity index is 969. The highest BCUT2D eigenvalue weighted by Crippen LogP contribution is 2.31. The third-order valence-corrected chi connectivity index (χ3v) is 5.77. The Morgan fingerprint density at radius 1 is 1.23 bits per heavy atom. The molecule has 7 heteroatoms. The molecule has 0 unspecified atom stereocenters. The molecule has 3 rings (SSSR count). The van der Waals surface area contributed by atoms with Gasteiger partial charge in [-0.3, -0.25) is 19.4 Å². The third-order valence-electron chi connectivity index (χ3n) is 5.77. The molecule has 1 aliphatic heterocycles. The van der Waals surface area contributed by atoms with Gasteiger partial charge >= 0.3 is 0 Å². The smallest absolute Gasteiger partial charge is 0.259 e. The maximum Gasteiger partial charge on any atom is 0.259 e. The van der Waals surface area contributed by atoms with Crippen molar-refractivity contribution in [2.75, 3.05) is 13.1 Å². The lowest BCUT2D eigenvalue weighted by Crippen LogP contribution is -2.42. The maximum atomic E-state index is 13.6. The Morgan fingerprint density at radius 2 is 2.00 bits per heavy atom. The number of pyridine rings is 2. The van der Waals surface area contributed by atoms with Crippen molar-refractivity contribution in [3.05, 3.63) is 63.8 Å². The Labute approximate surface area is 183 Å². The predicted octanol–water partition coefficient (Wildman–Crippen LogP) is 3.72. The first kappa shape index (κ1) is 22.7. The fraction of sp³-hybridized carbons (Fsp3) is 0.500. The highest BCUT2D eigenvalue weighted by molar-refractivity contribution is 5.99. The van der Waals surface area contributed by atoms with Crippen LogP contribution in [-0.4, -0.2) is 39.4 Å². The van der Waals surface area contributed by atoms with Crippen LogP contribution in [0.3, 0.4) is 0 Å². The Kier molecular flexibility index (Phi) is 7.60. The van der Waals surface area contributed by atoms with E-state index in [4.69, 9.17) is 0 Å². The SMILES string of the molecule is CCCCNC(=O)c1cn(C(C)C)cc(C(=O)N2CCCC[C@@H]2c2cccnc2)c1=O. The van der Waals surface area contributed by atoms with Crippen LogP contribution < -0.4 is 10.7 Å². The number of hydrogen-bond donors (Lipinski definition) is 1. The molecule has 2 amide bonds. The summed E-state index contributed by atoms with van der Waals surface area (Å²) in [5.41, 5.74) is 0.526. The first-order valence-corrected chi connectivity index (χ1v) is 11.2. The quantitative estimate of drug-likeness (QED) is 0.687. The van der Waals surface area contributed by atoms with Crippen LogP contribution in [-0.2, 0) is 0 Å². The van der Waals surface area contributed by atoms with Gasteiger partial charge in [-0.15, -0.1) is 0 Å². The molecule has 1 saturated heterocycles. The molecule has 1 fully saturated rings. The van der Waals surface area contributed by atoms with Gasteiger partial charge in [-0.2, -0.15) is 0 Å². The summed E-state index contributed by atoms with van der Waals surface area (Å²) >= 11 is 0. The molecule has 0 saturated carbocycles. The zero-order valence-corrected chi connectivity index (χ0v) is 18.6. The third kappa shape index (κ3) is 5.21.